The van der Waals surface area contributed by atoms with Gasteiger partial charge in [0.05, 0.1) is 22.1 Å². The third-order valence-corrected chi connectivity index (χ3v) is 4.39. The molecule has 0 radical (unpaired) electrons. The maximum Gasteiger partial charge on any atom is 0.414 e. The van der Waals surface area contributed by atoms with Crippen molar-refractivity contribution in [1.82, 2.24) is 20.2 Å². The molecule has 1 amide bonds. The van der Waals surface area contributed by atoms with Crippen molar-refractivity contribution >= 4 is 33.8 Å². The van der Waals surface area contributed by atoms with Crippen molar-refractivity contribution < 1.29 is 9.90 Å². The first-order valence-corrected chi connectivity index (χ1v) is 8.45. The highest BCUT2D eigenvalue weighted by Gasteiger charge is 2.21. The molecule has 4 rings (SSSR count). The van der Waals surface area contributed by atoms with Gasteiger partial charge in [-0.05, 0) is 32.0 Å². The van der Waals surface area contributed by atoms with Gasteiger partial charge in [-0.15, -0.1) is 0 Å². The standard InChI is InChI=1S/C19H17N5O3/c1-10(2)24(19(26)27)18-20-14-8-7-11(9-15(14)21-18)16-12-5-3-4-6-13(12)17(25)23-22-16/h3-10H,1-2H3,(H,20,21)(H,23,25)(H,26,27). The van der Waals surface area contributed by atoms with Gasteiger partial charge >= 0.3 is 6.09 Å². The fourth-order valence-corrected chi connectivity index (χ4v) is 3.15. The van der Waals surface area contributed by atoms with E-state index in [-0.39, 0.29) is 17.5 Å². The van der Waals surface area contributed by atoms with Crippen LogP contribution < -0.4 is 10.5 Å². The summed E-state index contributed by atoms with van der Waals surface area (Å²) in [5.41, 5.74) is 2.52. The van der Waals surface area contributed by atoms with Crippen LogP contribution in [-0.4, -0.2) is 37.4 Å². The number of anilines is 1. The van der Waals surface area contributed by atoms with Crippen molar-refractivity contribution in [2.24, 2.45) is 0 Å². The number of nitrogens with one attached hydrogen (secondary N) is 2. The van der Waals surface area contributed by atoms with Crippen molar-refractivity contribution in [3.63, 3.8) is 0 Å². The van der Waals surface area contributed by atoms with Crippen LogP contribution in [0, 0.1) is 0 Å². The largest absolute Gasteiger partial charge is 0.465 e. The minimum atomic E-state index is -1.07. The van der Waals surface area contributed by atoms with Gasteiger partial charge in [-0.2, -0.15) is 5.10 Å². The summed E-state index contributed by atoms with van der Waals surface area (Å²) in [6.45, 7) is 3.56. The second kappa shape index (κ2) is 6.24. The molecule has 2 aromatic heterocycles. The zero-order valence-corrected chi connectivity index (χ0v) is 14.7. The quantitative estimate of drug-likeness (QED) is 0.516. The van der Waals surface area contributed by atoms with Gasteiger partial charge in [0.15, 0.2) is 0 Å². The lowest BCUT2D eigenvalue weighted by Crippen LogP contribution is -2.36. The van der Waals surface area contributed by atoms with E-state index in [1.54, 1.807) is 32.0 Å². The summed E-state index contributed by atoms with van der Waals surface area (Å²) in [5, 5.41) is 17.5. The number of hydrogen-bond donors (Lipinski definition) is 3. The zero-order valence-electron chi connectivity index (χ0n) is 14.7. The molecule has 8 heteroatoms. The molecular formula is C19H17N5O3. The fourth-order valence-electron chi connectivity index (χ4n) is 3.15. The Hall–Kier alpha value is -3.68. The zero-order chi connectivity index (χ0) is 19.1. The molecule has 0 fully saturated rings. The highest BCUT2D eigenvalue weighted by Crippen LogP contribution is 2.28. The molecule has 0 unspecified atom stereocenters. The van der Waals surface area contributed by atoms with Crippen LogP contribution in [0.2, 0.25) is 0 Å². The van der Waals surface area contributed by atoms with Crippen LogP contribution >= 0.6 is 0 Å². The summed E-state index contributed by atoms with van der Waals surface area (Å²) in [5.74, 6) is 0.268. The Balaban J connectivity index is 1.87. The number of amides is 1. The Morgan fingerprint density at radius 3 is 2.59 bits per heavy atom. The molecule has 2 aromatic carbocycles. The van der Waals surface area contributed by atoms with Crippen LogP contribution in [0.3, 0.4) is 0 Å². The minimum Gasteiger partial charge on any atom is -0.465 e. The van der Waals surface area contributed by atoms with Crippen molar-refractivity contribution in [2.75, 3.05) is 4.90 Å². The molecule has 4 aromatic rings. The number of aromatic nitrogens is 4. The maximum atomic E-state index is 12.0. The summed E-state index contributed by atoms with van der Waals surface area (Å²) in [4.78, 5) is 32.1. The van der Waals surface area contributed by atoms with Crippen LogP contribution in [-0.2, 0) is 0 Å². The van der Waals surface area contributed by atoms with Crippen LogP contribution in [0.15, 0.2) is 47.3 Å². The SMILES string of the molecule is CC(C)N(C(=O)O)c1nc2ccc(-c3n[nH]c(=O)c4ccccc34)cc2[nH]1. The molecule has 0 aliphatic rings. The molecule has 0 aliphatic carbocycles. The van der Waals surface area contributed by atoms with E-state index in [0.717, 1.165) is 10.9 Å². The summed E-state index contributed by atoms with van der Waals surface area (Å²) < 4.78 is 0. The Morgan fingerprint density at radius 2 is 1.89 bits per heavy atom. The number of imidazole rings is 1. The third kappa shape index (κ3) is 2.80. The molecular weight excluding hydrogens is 346 g/mol. The molecule has 0 saturated heterocycles. The topological polar surface area (TPSA) is 115 Å². The first kappa shape index (κ1) is 16.8. The van der Waals surface area contributed by atoms with Crippen LogP contribution in [0.4, 0.5) is 10.7 Å². The lowest BCUT2D eigenvalue weighted by Gasteiger charge is -2.19. The lowest BCUT2D eigenvalue weighted by molar-refractivity contribution is 0.199. The molecule has 136 valence electrons. The van der Waals surface area contributed by atoms with Crippen LogP contribution in [0.5, 0.6) is 0 Å². The summed E-state index contributed by atoms with van der Waals surface area (Å²) in [7, 11) is 0. The van der Waals surface area contributed by atoms with Gasteiger partial charge in [0.2, 0.25) is 5.95 Å². The molecule has 2 heterocycles. The average Bonchev–Trinajstić information content (AvgIpc) is 3.04. The predicted molar refractivity (Wildman–Crippen MR) is 103 cm³/mol. The van der Waals surface area contributed by atoms with Gasteiger partial charge in [0, 0.05) is 17.0 Å². The number of carbonyl (C=O) groups is 1. The van der Waals surface area contributed by atoms with Crippen molar-refractivity contribution in [2.45, 2.75) is 19.9 Å². The normalized spacial score (nSPS) is 11.4. The molecule has 27 heavy (non-hydrogen) atoms. The highest BCUT2D eigenvalue weighted by molar-refractivity contribution is 5.96. The van der Waals surface area contributed by atoms with Gasteiger partial charge in [-0.1, -0.05) is 24.3 Å². The minimum absolute atomic E-state index is 0.242. The van der Waals surface area contributed by atoms with Crippen LogP contribution in [0.1, 0.15) is 13.8 Å². The number of carboxylic acid groups (broad SMARTS) is 1. The molecule has 0 aliphatic heterocycles. The van der Waals surface area contributed by atoms with Gasteiger partial charge in [-0.3, -0.25) is 4.79 Å². The number of benzene rings is 2. The Labute approximate surface area is 153 Å². The van der Waals surface area contributed by atoms with Gasteiger partial charge in [0.1, 0.15) is 0 Å². The number of hydrogen-bond acceptors (Lipinski definition) is 4. The van der Waals surface area contributed by atoms with E-state index in [9.17, 15) is 14.7 Å². The molecule has 8 nitrogen and oxygen atoms in total. The Bertz CT molecular complexity index is 1220. The first-order valence-electron chi connectivity index (χ1n) is 8.45. The Kier molecular flexibility index (Phi) is 3.88. The number of H-pyrrole nitrogens is 2. The molecule has 0 spiro atoms. The van der Waals surface area contributed by atoms with Gasteiger partial charge < -0.3 is 10.1 Å². The fraction of sp³-hybridized carbons (Fsp3) is 0.158. The summed E-state index contributed by atoms with van der Waals surface area (Å²) in [6.07, 6.45) is -1.07. The molecule has 0 bridgehead atoms. The van der Waals surface area contributed by atoms with Gasteiger partial charge in [0.25, 0.3) is 5.56 Å². The average molecular weight is 363 g/mol. The van der Waals surface area contributed by atoms with Crippen molar-refractivity contribution in [1.29, 1.82) is 0 Å². The van der Waals surface area contributed by atoms with Crippen LogP contribution in [0.25, 0.3) is 33.1 Å². The van der Waals surface area contributed by atoms with E-state index in [0.29, 0.717) is 22.1 Å². The van der Waals surface area contributed by atoms with E-state index in [1.165, 1.54) is 4.90 Å². The van der Waals surface area contributed by atoms with E-state index < -0.39 is 6.09 Å². The number of aromatic amines is 2. The maximum absolute atomic E-state index is 12.0. The van der Waals surface area contributed by atoms with E-state index in [1.807, 2.05) is 24.3 Å². The molecule has 0 saturated carbocycles. The Morgan fingerprint density at radius 1 is 1.15 bits per heavy atom. The summed E-state index contributed by atoms with van der Waals surface area (Å²) >= 11 is 0. The monoisotopic (exact) mass is 363 g/mol. The first-order chi connectivity index (χ1) is 13.0. The number of fused-ring (bicyclic) bond motifs is 2. The van der Waals surface area contributed by atoms with E-state index in [4.69, 9.17) is 0 Å². The summed E-state index contributed by atoms with van der Waals surface area (Å²) in [6, 6.07) is 12.5. The number of nitrogens with zero attached hydrogens (tertiary/aromatic N) is 3. The lowest BCUT2D eigenvalue weighted by atomic mass is 10.0. The second-order valence-electron chi connectivity index (χ2n) is 6.49. The van der Waals surface area contributed by atoms with Gasteiger partial charge in [-0.25, -0.2) is 19.8 Å². The number of rotatable bonds is 3. The predicted octanol–water partition coefficient (Wildman–Crippen LogP) is 3.36. The van der Waals surface area contributed by atoms with Crippen molar-refractivity contribution in [3.05, 3.63) is 52.8 Å². The van der Waals surface area contributed by atoms with E-state index >= 15 is 0 Å². The van der Waals surface area contributed by atoms with Crippen molar-refractivity contribution in [3.8, 4) is 11.3 Å². The second-order valence-corrected chi connectivity index (χ2v) is 6.49. The van der Waals surface area contributed by atoms with E-state index in [2.05, 4.69) is 20.2 Å². The smallest absolute Gasteiger partial charge is 0.414 e. The highest BCUT2D eigenvalue weighted by atomic mass is 16.4. The third-order valence-electron chi connectivity index (χ3n) is 4.39. The molecule has 0 atom stereocenters. The molecule has 3 N–H and O–H groups in total.